The second-order valence-electron chi connectivity index (χ2n) is 8.06. The number of rotatable bonds is 7. The van der Waals surface area contributed by atoms with Crippen LogP contribution in [0.3, 0.4) is 0 Å². The van der Waals surface area contributed by atoms with Gasteiger partial charge in [-0.3, -0.25) is 4.79 Å². The van der Waals surface area contributed by atoms with Crippen LogP contribution in [0.1, 0.15) is 55.6 Å². The maximum Gasteiger partial charge on any atom is 0.287 e. The van der Waals surface area contributed by atoms with Crippen molar-refractivity contribution in [2.75, 3.05) is 38.1 Å². The van der Waals surface area contributed by atoms with Crippen LogP contribution < -0.4 is 10.2 Å². The average Bonchev–Trinajstić information content (AvgIpc) is 3.15. The van der Waals surface area contributed by atoms with Crippen LogP contribution in [0.25, 0.3) is 0 Å². The molecule has 1 amide bonds. The molecule has 0 spiro atoms. The molecule has 3 rings (SSSR count). The molecule has 0 aliphatic carbocycles. The van der Waals surface area contributed by atoms with Gasteiger partial charge in [0.05, 0.1) is 5.75 Å². The van der Waals surface area contributed by atoms with Gasteiger partial charge in [0.1, 0.15) is 11.6 Å². The molecule has 1 saturated heterocycles. The molecule has 0 aromatic carbocycles. The average molecular weight is 418 g/mol. The van der Waals surface area contributed by atoms with E-state index in [1.807, 2.05) is 19.9 Å². The first-order valence-electron chi connectivity index (χ1n) is 10.2. The molecule has 1 aliphatic heterocycles. The fourth-order valence-corrected chi connectivity index (χ4v) is 3.79. The molecule has 1 aliphatic rings. The highest BCUT2D eigenvalue weighted by atomic mass is 32.2. The van der Waals surface area contributed by atoms with Crippen molar-refractivity contribution in [3.63, 3.8) is 0 Å². The van der Waals surface area contributed by atoms with Gasteiger partial charge < -0.3 is 19.5 Å². The summed E-state index contributed by atoms with van der Waals surface area (Å²) in [7, 11) is 2.15. The smallest absolute Gasteiger partial charge is 0.287 e. The zero-order chi connectivity index (χ0) is 21.0. The molecule has 2 aromatic heterocycles. The van der Waals surface area contributed by atoms with Gasteiger partial charge in [0.2, 0.25) is 0 Å². The summed E-state index contributed by atoms with van der Waals surface area (Å²) in [5.41, 5.74) is 1.05. The SMILES string of the molecule is CC(C)NC(=O)c1ccc(CSc2nc(C(C)C)cc(N3CCN(C)CC3)n2)o1. The standard InChI is InChI=1S/C21H31N5O2S/c1-14(2)17-12-19(26-10-8-25(5)9-11-26)24-21(23-17)29-13-16-6-7-18(28-16)20(27)22-15(3)4/h6-7,12,14-15H,8-11,13H2,1-5H3,(H,22,27). The Balaban J connectivity index is 1.70. The third kappa shape index (κ3) is 5.96. The molecule has 0 bridgehead atoms. The predicted molar refractivity (Wildman–Crippen MR) is 117 cm³/mol. The Bertz CT molecular complexity index is 828. The van der Waals surface area contributed by atoms with Gasteiger partial charge >= 0.3 is 0 Å². The molecular formula is C21H31N5O2S. The molecule has 29 heavy (non-hydrogen) atoms. The van der Waals surface area contributed by atoms with Crippen LogP contribution in [0.15, 0.2) is 27.8 Å². The molecule has 8 heteroatoms. The molecular weight excluding hydrogens is 386 g/mol. The predicted octanol–water partition coefficient (Wildman–Crippen LogP) is 3.38. The molecule has 0 atom stereocenters. The minimum atomic E-state index is -0.188. The van der Waals surface area contributed by atoms with Crippen molar-refractivity contribution in [2.24, 2.45) is 0 Å². The number of carbonyl (C=O) groups is 1. The van der Waals surface area contributed by atoms with E-state index in [9.17, 15) is 4.79 Å². The van der Waals surface area contributed by atoms with Crippen molar-refractivity contribution in [1.82, 2.24) is 20.2 Å². The number of nitrogens with one attached hydrogen (secondary N) is 1. The number of carbonyl (C=O) groups excluding carboxylic acids is 1. The van der Waals surface area contributed by atoms with Crippen LogP contribution in [0.2, 0.25) is 0 Å². The highest BCUT2D eigenvalue weighted by molar-refractivity contribution is 7.98. The summed E-state index contributed by atoms with van der Waals surface area (Å²) in [6.07, 6.45) is 0. The van der Waals surface area contributed by atoms with E-state index in [4.69, 9.17) is 14.4 Å². The van der Waals surface area contributed by atoms with E-state index in [2.05, 4.69) is 42.1 Å². The molecule has 1 fully saturated rings. The third-order valence-corrected chi connectivity index (χ3v) is 5.65. The number of aromatic nitrogens is 2. The van der Waals surface area contributed by atoms with Crippen LogP contribution in [0.5, 0.6) is 0 Å². The minimum absolute atomic E-state index is 0.0746. The Morgan fingerprint density at radius 2 is 1.90 bits per heavy atom. The van der Waals surface area contributed by atoms with Gasteiger partial charge in [-0.05, 0) is 38.9 Å². The van der Waals surface area contributed by atoms with Crippen LogP contribution in [0, 0.1) is 0 Å². The van der Waals surface area contributed by atoms with Gasteiger partial charge in [-0.25, -0.2) is 9.97 Å². The van der Waals surface area contributed by atoms with E-state index in [0.29, 0.717) is 17.4 Å². The van der Waals surface area contributed by atoms with E-state index in [1.165, 1.54) is 11.8 Å². The Morgan fingerprint density at radius 1 is 1.17 bits per heavy atom. The molecule has 0 saturated carbocycles. The van der Waals surface area contributed by atoms with E-state index in [0.717, 1.165) is 48.6 Å². The summed E-state index contributed by atoms with van der Waals surface area (Å²) in [5, 5.41) is 3.58. The molecule has 1 N–H and O–H groups in total. The monoisotopic (exact) mass is 417 g/mol. The molecule has 158 valence electrons. The van der Waals surface area contributed by atoms with Crippen molar-refractivity contribution in [3.05, 3.63) is 35.4 Å². The van der Waals surface area contributed by atoms with Crippen LogP contribution in [-0.4, -0.2) is 60.0 Å². The van der Waals surface area contributed by atoms with E-state index in [1.54, 1.807) is 6.07 Å². The topological polar surface area (TPSA) is 74.5 Å². The van der Waals surface area contributed by atoms with Crippen molar-refractivity contribution in [1.29, 1.82) is 0 Å². The maximum absolute atomic E-state index is 12.1. The summed E-state index contributed by atoms with van der Waals surface area (Å²) >= 11 is 1.54. The van der Waals surface area contributed by atoms with Gasteiger partial charge in [-0.15, -0.1) is 0 Å². The minimum Gasteiger partial charge on any atom is -0.455 e. The quantitative estimate of drug-likeness (QED) is 0.547. The van der Waals surface area contributed by atoms with Gasteiger partial charge in [0.15, 0.2) is 10.9 Å². The zero-order valence-electron chi connectivity index (χ0n) is 17.9. The zero-order valence-corrected chi connectivity index (χ0v) is 18.8. The summed E-state index contributed by atoms with van der Waals surface area (Å²) in [6, 6.07) is 5.75. The fraction of sp³-hybridized carbons (Fsp3) is 0.571. The lowest BCUT2D eigenvalue weighted by Gasteiger charge is -2.33. The number of furan rings is 1. The van der Waals surface area contributed by atoms with Gasteiger partial charge in [-0.1, -0.05) is 25.6 Å². The Hall–Kier alpha value is -2.06. The van der Waals surface area contributed by atoms with E-state index >= 15 is 0 Å². The first-order valence-corrected chi connectivity index (χ1v) is 11.1. The molecule has 7 nitrogen and oxygen atoms in total. The maximum atomic E-state index is 12.1. The second kappa shape index (κ2) is 9.63. The Morgan fingerprint density at radius 3 is 2.55 bits per heavy atom. The summed E-state index contributed by atoms with van der Waals surface area (Å²) < 4.78 is 5.70. The normalized spacial score (nSPS) is 15.3. The first kappa shape index (κ1) is 21.6. The second-order valence-corrected chi connectivity index (χ2v) is 9.00. The number of thioether (sulfide) groups is 1. The van der Waals surface area contributed by atoms with Gasteiger partial charge in [0, 0.05) is 44.0 Å². The van der Waals surface area contributed by atoms with Crippen molar-refractivity contribution in [3.8, 4) is 0 Å². The van der Waals surface area contributed by atoms with E-state index < -0.39 is 0 Å². The first-order chi connectivity index (χ1) is 13.8. The molecule has 2 aromatic rings. The fourth-order valence-electron chi connectivity index (χ4n) is 3.03. The summed E-state index contributed by atoms with van der Waals surface area (Å²) in [5.74, 6) is 2.80. The Labute approximate surface area is 177 Å². The number of amides is 1. The number of likely N-dealkylation sites (N-methyl/N-ethyl adjacent to an activating group) is 1. The van der Waals surface area contributed by atoms with Gasteiger partial charge in [0.25, 0.3) is 5.91 Å². The van der Waals surface area contributed by atoms with Gasteiger partial charge in [-0.2, -0.15) is 0 Å². The lowest BCUT2D eigenvalue weighted by atomic mass is 10.1. The number of hydrogen-bond acceptors (Lipinski definition) is 7. The van der Waals surface area contributed by atoms with Crippen molar-refractivity contribution < 1.29 is 9.21 Å². The lowest BCUT2D eigenvalue weighted by molar-refractivity contribution is 0.0913. The summed E-state index contributed by atoms with van der Waals surface area (Å²) in [4.78, 5) is 26.3. The van der Waals surface area contributed by atoms with Crippen LogP contribution in [-0.2, 0) is 5.75 Å². The molecule has 3 heterocycles. The third-order valence-electron chi connectivity index (χ3n) is 4.78. The summed E-state index contributed by atoms with van der Waals surface area (Å²) in [6.45, 7) is 12.2. The Kier molecular flexibility index (Phi) is 7.18. The number of hydrogen-bond donors (Lipinski definition) is 1. The van der Waals surface area contributed by atoms with Crippen LogP contribution >= 0.6 is 11.8 Å². The largest absolute Gasteiger partial charge is 0.455 e. The van der Waals surface area contributed by atoms with E-state index in [-0.39, 0.29) is 11.9 Å². The van der Waals surface area contributed by atoms with Crippen molar-refractivity contribution >= 4 is 23.5 Å². The van der Waals surface area contributed by atoms with Crippen LogP contribution in [0.4, 0.5) is 5.82 Å². The number of piperazine rings is 1. The number of nitrogens with zero attached hydrogens (tertiary/aromatic N) is 4. The molecule has 0 unspecified atom stereocenters. The van der Waals surface area contributed by atoms with Crippen molar-refractivity contribution in [2.45, 2.75) is 50.6 Å². The lowest BCUT2D eigenvalue weighted by Crippen LogP contribution is -2.44. The highest BCUT2D eigenvalue weighted by Crippen LogP contribution is 2.26. The highest BCUT2D eigenvalue weighted by Gasteiger charge is 2.19. The number of anilines is 1. The molecule has 0 radical (unpaired) electrons.